The molecule has 7 heteroatoms. The Morgan fingerprint density at radius 1 is 1.35 bits per heavy atom. The maximum Gasteiger partial charge on any atom is 0.326 e. The Morgan fingerprint density at radius 3 is 2.83 bits per heavy atom. The molecular formula is C16H16N4O3. The summed E-state index contributed by atoms with van der Waals surface area (Å²) in [6.07, 6.45) is 1.96. The number of carboxylic acids is 1. The minimum atomic E-state index is -1.09. The molecule has 0 saturated carbocycles. The minimum absolute atomic E-state index is 0.174. The molecule has 1 unspecified atom stereocenters. The summed E-state index contributed by atoms with van der Waals surface area (Å²) in [5, 5.41) is 19.4. The number of aryl methyl sites for hydroxylation is 1. The normalized spacial score (nSPS) is 12.2. The summed E-state index contributed by atoms with van der Waals surface area (Å²) < 4.78 is 0. The number of carbonyl (C=O) groups excluding carboxylic acids is 1. The third kappa shape index (κ3) is 3.08. The molecule has 0 saturated heterocycles. The van der Waals surface area contributed by atoms with Gasteiger partial charge in [0.25, 0.3) is 5.91 Å². The van der Waals surface area contributed by atoms with Crippen LogP contribution in [0.5, 0.6) is 0 Å². The molecule has 0 aliphatic rings. The lowest BCUT2D eigenvalue weighted by Gasteiger charge is -2.13. The molecule has 1 atom stereocenters. The Morgan fingerprint density at radius 2 is 2.13 bits per heavy atom. The SMILES string of the molecule is Cc1cc(C(=O)NC(Cc2c[nH]c3ccccc23)C(=O)O)n[nH]1. The first-order chi connectivity index (χ1) is 11.0. The van der Waals surface area contributed by atoms with Crippen LogP contribution in [0.2, 0.25) is 0 Å². The summed E-state index contributed by atoms with van der Waals surface area (Å²) in [6.45, 7) is 1.77. The number of hydrogen-bond acceptors (Lipinski definition) is 3. The maximum absolute atomic E-state index is 12.1. The lowest BCUT2D eigenvalue weighted by Crippen LogP contribution is -2.42. The van der Waals surface area contributed by atoms with Crippen LogP contribution in [0.1, 0.15) is 21.7 Å². The molecular weight excluding hydrogens is 296 g/mol. The zero-order valence-electron chi connectivity index (χ0n) is 12.5. The van der Waals surface area contributed by atoms with Gasteiger partial charge in [0.2, 0.25) is 0 Å². The van der Waals surface area contributed by atoms with Crippen LogP contribution in [0.25, 0.3) is 10.9 Å². The Hall–Kier alpha value is -3.09. The van der Waals surface area contributed by atoms with Crippen molar-refractivity contribution in [1.82, 2.24) is 20.5 Å². The molecule has 3 rings (SSSR count). The standard InChI is InChI=1S/C16H16N4O3/c1-9-6-13(20-19-9)15(21)18-14(16(22)23)7-10-8-17-12-5-3-2-4-11(10)12/h2-6,8,14,17H,7H2,1H3,(H,18,21)(H,19,20)(H,22,23). The van der Waals surface area contributed by atoms with Gasteiger partial charge in [0.15, 0.2) is 0 Å². The van der Waals surface area contributed by atoms with Crippen molar-refractivity contribution in [1.29, 1.82) is 0 Å². The summed E-state index contributed by atoms with van der Waals surface area (Å²) in [4.78, 5) is 26.7. The zero-order valence-corrected chi connectivity index (χ0v) is 12.5. The molecule has 3 aromatic rings. The van der Waals surface area contributed by atoms with Gasteiger partial charge >= 0.3 is 5.97 Å². The minimum Gasteiger partial charge on any atom is -0.480 e. The van der Waals surface area contributed by atoms with Crippen molar-refractivity contribution in [2.24, 2.45) is 0 Å². The number of hydrogen-bond donors (Lipinski definition) is 4. The van der Waals surface area contributed by atoms with E-state index in [-0.39, 0.29) is 12.1 Å². The molecule has 23 heavy (non-hydrogen) atoms. The van der Waals surface area contributed by atoms with E-state index >= 15 is 0 Å². The average molecular weight is 312 g/mol. The van der Waals surface area contributed by atoms with Crippen LogP contribution in [-0.4, -0.2) is 38.2 Å². The first-order valence-corrected chi connectivity index (χ1v) is 7.15. The molecule has 0 radical (unpaired) electrons. The number of nitrogens with zero attached hydrogens (tertiary/aromatic N) is 1. The Balaban J connectivity index is 1.79. The van der Waals surface area contributed by atoms with E-state index in [0.717, 1.165) is 22.2 Å². The third-order valence-corrected chi connectivity index (χ3v) is 3.64. The van der Waals surface area contributed by atoms with Crippen LogP contribution in [0, 0.1) is 6.92 Å². The van der Waals surface area contributed by atoms with Crippen LogP contribution in [0.15, 0.2) is 36.5 Å². The molecule has 7 nitrogen and oxygen atoms in total. The number of carboxylic acid groups (broad SMARTS) is 1. The number of fused-ring (bicyclic) bond motifs is 1. The van der Waals surface area contributed by atoms with Gasteiger partial charge in [-0.2, -0.15) is 5.10 Å². The van der Waals surface area contributed by atoms with Gasteiger partial charge in [-0.05, 0) is 24.6 Å². The molecule has 0 fully saturated rings. The first kappa shape index (κ1) is 14.8. The molecule has 4 N–H and O–H groups in total. The molecule has 1 amide bonds. The van der Waals surface area contributed by atoms with Gasteiger partial charge < -0.3 is 15.4 Å². The van der Waals surface area contributed by atoms with Crippen LogP contribution in [-0.2, 0) is 11.2 Å². The fraction of sp³-hybridized carbons (Fsp3) is 0.188. The summed E-state index contributed by atoms with van der Waals surface area (Å²) in [7, 11) is 0. The van der Waals surface area contributed by atoms with Crippen molar-refractivity contribution in [3.8, 4) is 0 Å². The lowest BCUT2D eigenvalue weighted by molar-refractivity contribution is -0.139. The molecule has 1 aromatic carbocycles. The van der Waals surface area contributed by atoms with E-state index in [0.29, 0.717) is 0 Å². The van der Waals surface area contributed by atoms with Gasteiger partial charge in [0.1, 0.15) is 11.7 Å². The Bertz CT molecular complexity index is 865. The number of aliphatic carboxylic acids is 1. The highest BCUT2D eigenvalue weighted by Gasteiger charge is 2.23. The number of aromatic nitrogens is 3. The second kappa shape index (κ2) is 5.96. The average Bonchev–Trinajstić information content (AvgIpc) is 3.13. The number of H-pyrrole nitrogens is 2. The van der Waals surface area contributed by atoms with Crippen LogP contribution in [0.3, 0.4) is 0 Å². The third-order valence-electron chi connectivity index (χ3n) is 3.64. The van der Waals surface area contributed by atoms with E-state index in [4.69, 9.17) is 0 Å². The highest BCUT2D eigenvalue weighted by atomic mass is 16.4. The van der Waals surface area contributed by atoms with Crippen molar-refractivity contribution in [2.45, 2.75) is 19.4 Å². The smallest absolute Gasteiger partial charge is 0.326 e. The molecule has 118 valence electrons. The predicted molar refractivity (Wildman–Crippen MR) is 84.2 cm³/mol. The fourth-order valence-electron chi connectivity index (χ4n) is 2.49. The number of aromatic amines is 2. The number of rotatable bonds is 5. The maximum atomic E-state index is 12.1. The number of para-hydroxylation sites is 1. The monoisotopic (exact) mass is 312 g/mol. The van der Waals surface area contributed by atoms with Gasteiger partial charge in [-0.3, -0.25) is 9.89 Å². The fourth-order valence-corrected chi connectivity index (χ4v) is 2.49. The summed E-state index contributed by atoms with van der Waals surface area (Å²) in [5.74, 6) is -1.60. The van der Waals surface area contributed by atoms with E-state index in [1.54, 1.807) is 19.2 Å². The Labute approximate surface area is 131 Å². The van der Waals surface area contributed by atoms with Crippen molar-refractivity contribution in [2.75, 3.05) is 0 Å². The number of benzene rings is 1. The Kier molecular flexibility index (Phi) is 3.84. The highest BCUT2D eigenvalue weighted by Crippen LogP contribution is 2.19. The van der Waals surface area contributed by atoms with Crippen molar-refractivity contribution >= 4 is 22.8 Å². The van der Waals surface area contributed by atoms with Crippen molar-refractivity contribution < 1.29 is 14.7 Å². The van der Waals surface area contributed by atoms with E-state index < -0.39 is 17.9 Å². The second-order valence-electron chi connectivity index (χ2n) is 5.36. The molecule has 2 heterocycles. The number of carbonyl (C=O) groups is 2. The number of amides is 1. The summed E-state index contributed by atoms with van der Waals surface area (Å²) in [6, 6.07) is 8.16. The summed E-state index contributed by atoms with van der Waals surface area (Å²) >= 11 is 0. The van der Waals surface area contributed by atoms with Crippen molar-refractivity contribution in [3.05, 3.63) is 53.5 Å². The van der Waals surface area contributed by atoms with Crippen molar-refractivity contribution in [3.63, 3.8) is 0 Å². The van der Waals surface area contributed by atoms with E-state index in [1.165, 1.54) is 0 Å². The van der Waals surface area contributed by atoms with Gasteiger partial charge in [0.05, 0.1) is 0 Å². The molecule has 0 spiro atoms. The van der Waals surface area contributed by atoms with Gasteiger partial charge in [-0.25, -0.2) is 4.79 Å². The largest absolute Gasteiger partial charge is 0.480 e. The van der Waals surface area contributed by atoms with Gasteiger partial charge in [0, 0.05) is 29.2 Å². The second-order valence-corrected chi connectivity index (χ2v) is 5.36. The first-order valence-electron chi connectivity index (χ1n) is 7.15. The topological polar surface area (TPSA) is 111 Å². The summed E-state index contributed by atoms with van der Waals surface area (Å²) in [5.41, 5.74) is 2.68. The van der Waals surface area contributed by atoms with E-state index in [2.05, 4.69) is 20.5 Å². The van der Waals surface area contributed by atoms with E-state index in [1.807, 2.05) is 24.3 Å². The molecule has 2 aromatic heterocycles. The van der Waals surface area contributed by atoms with Crippen LogP contribution in [0.4, 0.5) is 0 Å². The lowest BCUT2D eigenvalue weighted by atomic mass is 10.0. The number of nitrogens with one attached hydrogen (secondary N) is 3. The zero-order chi connectivity index (χ0) is 16.4. The van der Waals surface area contributed by atoms with Gasteiger partial charge in [-0.15, -0.1) is 0 Å². The predicted octanol–water partition coefficient (Wildman–Crippen LogP) is 1.63. The molecule has 0 bridgehead atoms. The van der Waals surface area contributed by atoms with Crippen LogP contribution >= 0.6 is 0 Å². The van der Waals surface area contributed by atoms with Gasteiger partial charge in [-0.1, -0.05) is 18.2 Å². The van der Waals surface area contributed by atoms with E-state index in [9.17, 15) is 14.7 Å². The molecule has 0 aliphatic heterocycles. The quantitative estimate of drug-likeness (QED) is 0.573. The molecule has 0 aliphatic carbocycles. The highest BCUT2D eigenvalue weighted by molar-refractivity contribution is 5.95. The van der Waals surface area contributed by atoms with Crippen LogP contribution < -0.4 is 5.32 Å².